The molecule has 2 aliphatic rings. The van der Waals surface area contributed by atoms with Gasteiger partial charge >= 0.3 is 0 Å². The van der Waals surface area contributed by atoms with Gasteiger partial charge in [-0.1, -0.05) is 63.1 Å². The molecular formula is C23H27ClN2O. The lowest BCUT2D eigenvalue weighted by Gasteiger charge is -2.44. The zero-order chi connectivity index (χ0) is 19.6. The Hall–Kier alpha value is -1.87. The number of benzene rings is 1. The molecule has 142 valence electrons. The monoisotopic (exact) mass is 382 g/mol. The van der Waals surface area contributed by atoms with Crippen LogP contribution in [0.3, 0.4) is 0 Å². The quantitative estimate of drug-likeness (QED) is 0.720. The highest BCUT2D eigenvalue weighted by atomic mass is 35.5. The van der Waals surface area contributed by atoms with Gasteiger partial charge in [0.25, 0.3) is 0 Å². The lowest BCUT2D eigenvalue weighted by Crippen LogP contribution is -2.41. The Kier molecular flexibility index (Phi) is 4.15. The summed E-state index contributed by atoms with van der Waals surface area (Å²) in [6.45, 7) is 10.8. The molecule has 27 heavy (non-hydrogen) atoms. The molecule has 0 unspecified atom stereocenters. The van der Waals surface area contributed by atoms with E-state index in [0.29, 0.717) is 11.4 Å². The van der Waals surface area contributed by atoms with E-state index in [-0.39, 0.29) is 17.1 Å². The molecule has 1 N–H and O–H groups in total. The first-order valence-corrected chi connectivity index (χ1v) is 10.1. The van der Waals surface area contributed by atoms with E-state index in [2.05, 4.69) is 50.9 Å². The highest BCUT2D eigenvalue weighted by molar-refractivity contribution is 6.31. The average molecular weight is 383 g/mol. The Labute approximate surface area is 166 Å². The molecular weight excluding hydrogens is 356 g/mol. The Morgan fingerprint density at radius 2 is 1.85 bits per heavy atom. The van der Waals surface area contributed by atoms with Crippen LogP contribution < -0.4 is 0 Å². The molecule has 2 aromatic rings. The Bertz CT molecular complexity index is 967. The number of carbonyl (C=O) groups excluding carboxylic acids is 1. The molecule has 3 nitrogen and oxygen atoms in total. The second-order valence-corrected chi connectivity index (χ2v) is 9.73. The molecule has 0 saturated carbocycles. The van der Waals surface area contributed by atoms with Gasteiger partial charge in [0.15, 0.2) is 5.78 Å². The highest BCUT2D eigenvalue weighted by Gasteiger charge is 2.49. The van der Waals surface area contributed by atoms with Crippen molar-refractivity contribution < 1.29 is 4.79 Å². The number of hydrogen-bond donors (Lipinski definition) is 1. The second-order valence-electron chi connectivity index (χ2n) is 9.32. The number of rotatable bonds is 2. The van der Waals surface area contributed by atoms with Gasteiger partial charge in [0.1, 0.15) is 0 Å². The third kappa shape index (κ3) is 2.70. The first-order chi connectivity index (χ1) is 12.6. The van der Waals surface area contributed by atoms with E-state index < -0.39 is 5.41 Å². The summed E-state index contributed by atoms with van der Waals surface area (Å²) in [7, 11) is 0. The molecule has 0 spiro atoms. The molecule has 2 aliphatic carbocycles. The number of halogens is 1. The van der Waals surface area contributed by atoms with E-state index in [1.54, 1.807) is 0 Å². The number of H-pyrrole nitrogens is 1. The minimum absolute atomic E-state index is 0.00425. The zero-order valence-corrected chi connectivity index (χ0v) is 17.5. The smallest absolute Gasteiger partial charge is 0.160 e. The van der Waals surface area contributed by atoms with Crippen molar-refractivity contribution in [1.82, 2.24) is 10.2 Å². The summed E-state index contributed by atoms with van der Waals surface area (Å²) in [5.41, 5.74) is 5.93. The molecule has 1 atom stereocenters. The second kappa shape index (κ2) is 6.07. The summed E-state index contributed by atoms with van der Waals surface area (Å²) in [5.74, 6) is 0.523. The van der Waals surface area contributed by atoms with Crippen LogP contribution in [0.5, 0.6) is 0 Å². The summed E-state index contributed by atoms with van der Waals surface area (Å²) < 4.78 is 0. The van der Waals surface area contributed by atoms with Crippen molar-refractivity contribution in [2.75, 3.05) is 0 Å². The molecule has 0 amide bonds. The van der Waals surface area contributed by atoms with Gasteiger partial charge in [0.05, 0.1) is 11.1 Å². The van der Waals surface area contributed by atoms with Crippen molar-refractivity contribution in [3.8, 4) is 0 Å². The average Bonchev–Trinajstić information content (AvgIpc) is 2.98. The third-order valence-electron chi connectivity index (χ3n) is 6.18. The number of aromatic amines is 1. The third-order valence-corrected chi connectivity index (χ3v) is 6.51. The molecule has 0 fully saturated rings. The van der Waals surface area contributed by atoms with Crippen molar-refractivity contribution in [1.29, 1.82) is 0 Å². The topological polar surface area (TPSA) is 45.8 Å². The predicted molar refractivity (Wildman–Crippen MR) is 109 cm³/mol. The molecule has 0 saturated heterocycles. The van der Waals surface area contributed by atoms with Crippen LogP contribution in [0.15, 0.2) is 35.4 Å². The summed E-state index contributed by atoms with van der Waals surface area (Å²) in [5, 5.41) is 8.65. The zero-order valence-electron chi connectivity index (χ0n) is 16.7. The number of hydrogen-bond acceptors (Lipinski definition) is 2. The van der Waals surface area contributed by atoms with Gasteiger partial charge in [0, 0.05) is 34.7 Å². The standard InChI is InChI=1S/C23H27ClN2O/c1-13(2)21-20-17(25-26-21)10-14-11-22(3,4)12-18(27)19(14)23(20,5)15-8-6-7-9-16(15)24/h6-9,13H,10-12H2,1-5H3,(H,25,26)/t23-/m1/s1. The van der Waals surface area contributed by atoms with Crippen molar-refractivity contribution in [2.45, 2.75) is 65.2 Å². The molecule has 4 heteroatoms. The van der Waals surface area contributed by atoms with Crippen LogP contribution in [0.25, 0.3) is 0 Å². The van der Waals surface area contributed by atoms with Gasteiger partial charge in [-0.3, -0.25) is 9.89 Å². The van der Waals surface area contributed by atoms with Crippen LogP contribution in [0, 0.1) is 5.41 Å². The molecule has 1 heterocycles. The van der Waals surface area contributed by atoms with Crippen LogP contribution in [-0.4, -0.2) is 16.0 Å². The highest BCUT2D eigenvalue weighted by Crippen LogP contribution is 2.54. The maximum Gasteiger partial charge on any atom is 0.160 e. The molecule has 1 aromatic carbocycles. The van der Waals surface area contributed by atoms with E-state index in [4.69, 9.17) is 11.6 Å². The minimum Gasteiger partial charge on any atom is -0.294 e. The summed E-state index contributed by atoms with van der Waals surface area (Å²) >= 11 is 6.68. The molecule has 0 radical (unpaired) electrons. The van der Waals surface area contributed by atoms with Gasteiger partial charge in [0.2, 0.25) is 0 Å². The number of aromatic nitrogens is 2. The fourth-order valence-electron chi connectivity index (χ4n) is 5.20. The lowest BCUT2D eigenvalue weighted by atomic mass is 9.58. The van der Waals surface area contributed by atoms with E-state index >= 15 is 0 Å². The summed E-state index contributed by atoms with van der Waals surface area (Å²) in [4.78, 5) is 13.4. The van der Waals surface area contributed by atoms with E-state index in [1.165, 1.54) is 5.57 Å². The van der Waals surface area contributed by atoms with E-state index in [9.17, 15) is 4.79 Å². The minimum atomic E-state index is -0.568. The van der Waals surface area contributed by atoms with Crippen molar-refractivity contribution >= 4 is 17.4 Å². The Morgan fingerprint density at radius 3 is 2.52 bits per heavy atom. The number of nitrogens with zero attached hydrogens (tertiary/aromatic N) is 1. The fraction of sp³-hybridized carbons (Fsp3) is 0.478. The predicted octanol–water partition coefficient (Wildman–Crippen LogP) is 5.73. The first kappa shape index (κ1) is 18.5. The molecule has 0 bridgehead atoms. The largest absolute Gasteiger partial charge is 0.294 e. The van der Waals surface area contributed by atoms with E-state index in [1.807, 2.05) is 18.2 Å². The van der Waals surface area contributed by atoms with Crippen LogP contribution in [0.4, 0.5) is 0 Å². The number of ketones is 1. The van der Waals surface area contributed by atoms with Crippen LogP contribution in [0.1, 0.15) is 75.9 Å². The van der Waals surface area contributed by atoms with Gasteiger partial charge in [-0.05, 0) is 36.3 Å². The maximum atomic E-state index is 13.4. The molecule has 1 aromatic heterocycles. The number of Topliss-reactive ketones (excluding diaryl/α,β-unsaturated/α-hetero) is 1. The first-order valence-electron chi connectivity index (χ1n) is 9.73. The van der Waals surface area contributed by atoms with Gasteiger partial charge in [-0.2, -0.15) is 5.10 Å². The fourth-order valence-corrected chi connectivity index (χ4v) is 5.53. The van der Waals surface area contributed by atoms with Crippen LogP contribution in [0.2, 0.25) is 5.02 Å². The Balaban J connectivity index is 2.06. The SMILES string of the molecule is CC(C)c1n[nH]c2c1[C@](C)(c1ccccc1Cl)C1=C(C2)CC(C)(C)CC1=O. The van der Waals surface area contributed by atoms with Crippen molar-refractivity contribution in [2.24, 2.45) is 5.41 Å². The van der Waals surface area contributed by atoms with E-state index in [0.717, 1.165) is 40.9 Å². The van der Waals surface area contributed by atoms with Crippen molar-refractivity contribution in [3.05, 3.63) is 62.9 Å². The number of carbonyl (C=O) groups is 1. The molecule has 0 aliphatic heterocycles. The van der Waals surface area contributed by atoms with Crippen LogP contribution in [-0.2, 0) is 16.6 Å². The summed E-state index contributed by atoms with van der Waals surface area (Å²) in [6.07, 6.45) is 2.29. The Morgan fingerprint density at radius 1 is 1.15 bits per heavy atom. The van der Waals surface area contributed by atoms with Gasteiger partial charge in [-0.15, -0.1) is 0 Å². The normalized spacial score (nSPS) is 24.2. The van der Waals surface area contributed by atoms with Crippen LogP contribution >= 0.6 is 11.6 Å². The van der Waals surface area contributed by atoms with Crippen molar-refractivity contribution in [3.63, 3.8) is 0 Å². The maximum absolute atomic E-state index is 13.4. The number of allylic oxidation sites excluding steroid dienone is 2. The summed E-state index contributed by atoms with van der Waals surface area (Å²) in [6, 6.07) is 7.93. The van der Waals surface area contributed by atoms with Gasteiger partial charge < -0.3 is 0 Å². The van der Waals surface area contributed by atoms with Gasteiger partial charge in [-0.25, -0.2) is 0 Å². The molecule has 4 rings (SSSR count). The lowest BCUT2D eigenvalue weighted by molar-refractivity contribution is -0.118. The number of fused-ring (bicyclic) bond motifs is 1. The number of nitrogens with one attached hydrogen (secondary N) is 1.